The second-order valence-electron chi connectivity index (χ2n) is 6.14. The molecule has 138 valence electrons. The summed E-state index contributed by atoms with van der Waals surface area (Å²) in [6.07, 6.45) is 0. The van der Waals surface area contributed by atoms with Crippen molar-refractivity contribution < 1.29 is 18.4 Å². The number of ether oxygens (including phenoxy) is 1. The van der Waals surface area contributed by atoms with Crippen molar-refractivity contribution in [1.82, 2.24) is 14.9 Å². The van der Waals surface area contributed by atoms with Crippen LogP contribution < -0.4 is 5.73 Å². The number of nitrogens with two attached hydrogens (primary N) is 1. The van der Waals surface area contributed by atoms with Gasteiger partial charge in [0, 0.05) is 0 Å². The van der Waals surface area contributed by atoms with Crippen molar-refractivity contribution in [3.05, 3.63) is 40.8 Å². The lowest BCUT2D eigenvalue weighted by atomic mass is 10.2. The third-order valence-corrected chi connectivity index (χ3v) is 3.91. The van der Waals surface area contributed by atoms with Gasteiger partial charge in [-0.3, -0.25) is 4.90 Å². The summed E-state index contributed by atoms with van der Waals surface area (Å²) in [6.45, 7) is 6.65. The van der Waals surface area contributed by atoms with Gasteiger partial charge in [-0.25, -0.2) is 9.78 Å². The van der Waals surface area contributed by atoms with Crippen LogP contribution in [0.3, 0.4) is 0 Å². The Balaban J connectivity index is 1.85. The first-order valence-corrected chi connectivity index (χ1v) is 8.35. The van der Waals surface area contributed by atoms with Crippen LogP contribution >= 0.6 is 0 Å². The van der Waals surface area contributed by atoms with E-state index >= 15 is 0 Å². The van der Waals surface area contributed by atoms with Crippen LogP contribution in [-0.4, -0.2) is 34.5 Å². The molecule has 0 saturated carbocycles. The molecule has 2 N–H and O–H groups in total. The quantitative estimate of drug-likeness (QED) is 0.670. The highest BCUT2D eigenvalue weighted by Gasteiger charge is 2.24. The number of anilines is 1. The molecule has 8 nitrogen and oxygen atoms in total. The summed E-state index contributed by atoms with van der Waals surface area (Å²) in [4.78, 5) is 22.9. The molecule has 0 unspecified atom stereocenters. The van der Waals surface area contributed by atoms with E-state index in [1.165, 1.54) is 0 Å². The van der Waals surface area contributed by atoms with Crippen molar-refractivity contribution in [3.8, 4) is 0 Å². The standard InChI is InChI=1S/C18H22N4O4/c1-5-24-18(23)14-11(3)26-17-15(14)16(19)20-13(21-17)9-22(4)8-12-7-6-10(2)25-12/h6-7H,5,8-9H2,1-4H3,(H2,19,20,21). The van der Waals surface area contributed by atoms with Gasteiger partial charge in [0.2, 0.25) is 5.71 Å². The molecule has 0 atom stereocenters. The van der Waals surface area contributed by atoms with Gasteiger partial charge < -0.3 is 19.3 Å². The van der Waals surface area contributed by atoms with Gasteiger partial charge in [-0.1, -0.05) is 0 Å². The van der Waals surface area contributed by atoms with Crippen molar-refractivity contribution in [2.45, 2.75) is 33.9 Å². The minimum Gasteiger partial charge on any atom is -0.465 e. The number of hydrogen-bond donors (Lipinski definition) is 1. The first-order chi connectivity index (χ1) is 12.4. The molecule has 0 aliphatic heterocycles. The molecule has 8 heteroatoms. The fourth-order valence-corrected chi connectivity index (χ4v) is 2.84. The first kappa shape index (κ1) is 17.9. The second kappa shape index (κ2) is 7.17. The molecule has 3 aromatic heterocycles. The van der Waals surface area contributed by atoms with E-state index in [0.717, 1.165) is 11.5 Å². The van der Waals surface area contributed by atoms with Gasteiger partial charge in [0.25, 0.3) is 0 Å². The fraction of sp³-hybridized carbons (Fsp3) is 0.389. The molecule has 0 amide bonds. The van der Waals surface area contributed by atoms with Crippen LogP contribution in [0.4, 0.5) is 5.82 Å². The van der Waals surface area contributed by atoms with Crippen LogP contribution in [-0.2, 0) is 17.8 Å². The zero-order chi connectivity index (χ0) is 18.8. The maximum absolute atomic E-state index is 12.1. The van der Waals surface area contributed by atoms with Crippen LogP contribution in [0.1, 0.15) is 40.4 Å². The highest BCUT2D eigenvalue weighted by molar-refractivity contribution is 6.07. The maximum Gasteiger partial charge on any atom is 0.342 e. The van der Waals surface area contributed by atoms with Crippen LogP contribution in [0.25, 0.3) is 11.1 Å². The number of fused-ring (bicyclic) bond motifs is 1. The van der Waals surface area contributed by atoms with E-state index in [1.54, 1.807) is 13.8 Å². The van der Waals surface area contributed by atoms with Gasteiger partial charge in [0.1, 0.15) is 34.5 Å². The fourth-order valence-electron chi connectivity index (χ4n) is 2.84. The number of carbonyl (C=O) groups is 1. The number of furan rings is 2. The van der Waals surface area contributed by atoms with Gasteiger partial charge in [0.15, 0.2) is 0 Å². The number of nitrogens with zero attached hydrogens (tertiary/aromatic N) is 3. The SMILES string of the molecule is CCOC(=O)c1c(C)oc2nc(CN(C)Cc3ccc(C)o3)nc(N)c12. The Labute approximate surface area is 150 Å². The van der Waals surface area contributed by atoms with Crippen LogP contribution in [0, 0.1) is 13.8 Å². The number of rotatable bonds is 6. The zero-order valence-electron chi connectivity index (χ0n) is 15.3. The number of hydrogen-bond acceptors (Lipinski definition) is 8. The molecular formula is C18H22N4O4. The molecule has 26 heavy (non-hydrogen) atoms. The highest BCUT2D eigenvalue weighted by atomic mass is 16.5. The van der Waals surface area contributed by atoms with Crippen molar-refractivity contribution in [3.63, 3.8) is 0 Å². The van der Waals surface area contributed by atoms with E-state index in [-0.39, 0.29) is 23.7 Å². The lowest BCUT2D eigenvalue weighted by Crippen LogP contribution is -2.19. The third-order valence-electron chi connectivity index (χ3n) is 3.91. The Morgan fingerprint density at radius 2 is 2.00 bits per heavy atom. The molecule has 0 aromatic carbocycles. The summed E-state index contributed by atoms with van der Waals surface area (Å²) in [6, 6.07) is 3.86. The third kappa shape index (κ3) is 3.55. The van der Waals surface area contributed by atoms with Gasteiger partial charge in [-0.2, -0.15) is 4.98 Å². The second-order valence-corrected chi connectivity index (χ2v) is 6.14. The average molecular weight is 358 g/mol. The van der Waals surface area contributed by atoms with E-state index in [4.69, 9.17) is 19.3 Å². The van der Waals surface area contributed by atoms with Crippen molar-refractivity contribution >= 4 is 22.9 Å². The largest absolute Gasteiger partial charge is 0.465 e. The number of carbonyl (C=O) groups excluding carboxylic acids is 1. The molecule has 3 rings (SSSR count). The normalized spacial score (nSPS) is 11.4. The monoisotopic (exact) mass is 358 g/mol. The first-order valence-electron chi connectivity index (χ1n) is 8.35. The average Bonchev–Trinajstić information content (AvgIpc) is 3.10. The summed E-state index contributed by atoms with van der Waals surface area (Å²) in [5.74, 6) is 2.36. The molecule has 0 fully saturated rings. The lowest BCUT2D eigenvalue weighted by Gasteiger charge is -2.14. The van der Waals surface area contributed by atoms with E-state index in [9.17, 15) is 4.79 Å². The van der Waals surface area contributed by atoms with Gasteiger partial charge >= 0.3 is 5.97 Å². The highest BCUT2D eigenvalue weighted by Crippen LogP contribution is 2.29. The minimum atomic E-state index is -0.489. The van der Waals surface area contributed by atoms with E-state index in [0.29, 0.717) is 30.1 Å². The number of nitrogen functional groups attached to an aromatic ring is 1. The van der Waals surface area contributed by atoms with E-state index in [2.05, 4.69) is 9.97 Å². The minimum absolute atomic E-state index is 0.201. The molecule has 3 heterocycles. The number of esters is 1. The summed E-state index contributed by atoms with van der Waals surface area (Å²) < 4.78 is 16.3. The van der Waals surface area contributed by atoms with Gasteiger partial charge in [-0.15, -0.1) is 0 Å². The molecular weight excluding hydrogens is 336 g/mol. The van der Waals surface area contributed by atoms with Crippen LogP contribution in [0.5, 0.6) is 0 Å². The molecule has 0 bridgehead atoms. The molecule has 0 aliphatic rings. The Bertz CT molecular complexity index is 944. The van der Waals surface area contributed by atoms with Crippen molar-refractivity contribution in [1.29, 1.82) is 0 Å². The summed E-state index contributed by atoms with van der Waals surface area (Å²) in [5.41, 5.74) is 6.65. The Morgan fingerprint density at radius 3 is 2.65 bits per heavy atom. The van der Waals surface area contributed by atoms with Crippen LogP contribution in [0.15, 0.2) is 21.0 Å². The maximum atomic E-state index is 12.1. The molecule has 0 radical (unpaired) electrons. The number of aromatic nitrogens is 2. The van der Waals surface area contributed by atoms with Crippen molar-refractivity contribution in [2.24, 2.45) is 0 Å². The van der Waals surface area contributed by atoms with Gasteiger partial charge in [0.05, 0.1) is 25.1 Å². The molecule has 3 aromatic rings. The molecule has 0 spiro atoms. The van der Waals surface area contributed by atoms with E-state index < -0.39 is 5.97 Å². The Hall–Kier alpha value is -2.87. The smallest absolute Gasteiger partial charge is 0.342 e. The molecule has 0 aliphatic carbocycles. The summed E-state index contributed by atoms with van der Waals surface area (Å²) in [7, 11) is 1.93. The van der Waals surface area contributed by atoms with E-state index in [1.807, 2.05) is 31.0 Å². The Morgan fingerprint density at radius 1 is 1.23 bits per heavy atom. The lowest BCUT2D eigenvalue weighted by molar-refractivity contribution is 0.0526. The Kier molecular flexibility index (Phi) is 4.94. The zero-order valence-corrected chi connectivity index (χ0v) is 15.3. The van der Waals surface area contributed by atoms with Crippen molar-refractivity contribution in [2.75, 3.05) is 19.4 Å². The summed E-state index contributed by atoms with van der Waals surface area (Å²) >= 11 is 0. The van der Waals surface area contributed by atoms with Gasteiger partial charge in [-0.05, 0) is 40.0 Å². The van der Waals surface area contributed by atoms with Crippen LogP contribution in [0.2, 0.25) is 0 Å². The predicted molar refractivity (Wildman–Crippen MR) is 95.5 cm³/mol. The summed E-state index contributed by atoms with van der Waals surface area (Å²) in [5, 5.41) is 0.397. The topological polar surface area (TPSA) is 108 Å². The molecule has 0 saturated heterocycles. The number of aryl methyl sites for hydroxylation is 2. The predicted octanol–water partition coefficient (Wildman–Crippen LogP) is 2.82.